The summed E-state index contributed by atoms with van der Waals surface area (Å²) in [6, 6.07) is 1.99. The molecule has 2 saturated carbocycles. The van der Waals surface area contributed by atoms with Crippen LogP contribution in [0.3, 0.4) is 0 Å². The topological polar surface area (TPSA) is 106 Å². The third-order valence-electron chi connectivity index (χ3n) is 7.96. The van der Waals surface area contributed by atoms with E-state index in [1.807, 2.05) is 13.8 Å². The van der Waals surface area contributed by atoms with Crippen molar-refractivity contribution < 1.29 is 31.5 Å². The van der Waals surface area contributed by atoms with Gasteiger partial charge in [-0.25, -0.2) is 18.7 Å². The van der Waals surface area contributed by atoms with Gasteiger partial charge >= 0.3 is 6.18 Å². The van der Waals surface area contributed by atoms with E-state index in [4.69, 9.17) is 0 Å². The molecule has 0 aromatic carbocycles. The summed E-state index contributed by atoms with van der Waals surface area (Å²) in [4.78, 5) is 34.9. The van der Waals surface area contributed by atoms with Crippen LogP contribution in [-0.4, -0.2) is 48.1 Å². The lowest BCUT2D eigenvalue weighted by atomic mass is 9.81. The number of alkyl halides is 5. The summed E-state index contributed by atoms with van der Waals surface area (Å²) < 4.78 is 69.1. The van der Waals surface area contributed by atoms with Crippen LogP contribution in [0.5, 0.6) is 0 Å². The zero-order valence-corrected chi connectivity index (χ0v) is 23.4. The molecule has 228 valence electrons. The third kappa shape index (κ3) is 7.06. The maximum absolute atomic E-state index is 14.0. The van der Waals surface area contributed by atoms with Gasteiger partial charge in [-0.2, -0.15) is 18.3 Å². The predicted octanol–water partition coefficient (Wildman–Crippen LogP) is 5.71. The Balaban J connectivity index is 1.40. The molecule has 14 heteroatoms. The number of carbonyl (C=O) groups excluding carboxylic acids is 2. The minimum atomic E-state index is -4.43. The van der Waals surface area contributed by atoms with Crippen LogP contribution < -0.4 is 10.6 Å². The van der Waals surface area contributed by atoms with E-state index in [-0.39, 0.29) is 49.3 Å². The Morgan fingerprint density at radius 2 is 1.64 bits per heavy atom. The first kappa shape index (κ1) is 29.9. The normalized spacial score (nSPS) is 19.1. The molecule has 42 heavy (non-hydrogen) atoms. The fraction of sp³-hybridized carbons (Fsp3) is 0.607. The Morgan fingerprint density at radius 3 is 2.29 bits per heavy atom. The van der Waals surface area contributed by atoms with Crippen molar-refractivity contribution in [2.75, 3.05) is 0 Å². The minimum Gasteiger partial charge on any atom is -0.347 e. The highest BCUT2D eigenvalue weighted by molar-refractivity contribution is 5.92. The number of carbonyl (C=O) groups is 2. The zero-order chi connectivity index (χ0) is 30.2. The van der Waals surface area contributed by atoms with E-state index in [1.165, 1.54) is 6.20 Å². The average Bonchev–Trinajstić information content (AvgIpc) is 3.47. The molecule has 1 unspecified atom stereocenters. The molecule has 9 nitrogen and oxygen atoms in total. The van der Waals surface area contributed by atoms with Crippen molar-refractivity contribution in [3.63, 3.8) is 0 Å². The average molecular weight is 596 g/mol. The van der Waals surface area contributed by atoms with E-state index in [0.717, 1.165) is 12.8 Å². The lowest BCUT2D eigenvalue weighted by Crippen LogP contribution is -2.38. The summed E-state index contributed by atoms with van der Waals surface area (Å²) in [6.45, 7) is 3.78. The first-order valence-electron chi connectivity index (χ1n) is 14.2. The third-order valence-corrected chi connectivity index (χ3v) is 7.96. The lowest BCUT2D eigenvalue weighted by molar-refractivity contribution is -0.144. The first-order valence-corrected chi connectivity index (χ1v) is 14.2. The number of amides is 2. The summed E-state index contributed by atoms with van der Waals surface area (Å²) in [5.74, 6) is -3.81. The summed E-state index contributed by atoms with van der Waals surface area (Å²) in [5, 5.41) is 9.93. The Hall–Kier alpha value is -3.58. The largest absolute Gasteiger partial charge is 0.389 e. The van der Waals surface area contributed by atoms with Crippen molar-refractivity contribution >= 4 is 17.6 Å². The number of rotatable bonds is 10. The highest BCUT2D eigenvalue weighted by Gasteiger charge is 2.40. The Morgan fingerprint density at radius 1 is 1.00 bits per heavy atom. The van der Waals surface area contributed by atoms with Gasteiger partial charge in [-0.3, -0.25) is 18.7 Å². The summed E-state index contributed by atoms with van der Waals surface area (Å²) >= 11 is 0. The molecule has 0 spiro atoms. The summed E-state index contributed by atoms with van der Waals surface area (Å²) in [6.07, 6.45) is 0.0402. The number of nitrogens with zero attached hydrogens (tertiary/aromatic N) is 5. The second-order valence-corrected chi connectivity index (χ2v) is 11.6. The quantitative estimate of drug-likeness (QED) is 0.292. The van der Waals surface area contributed by atoms with Gasteiger partial charge in [0.25, 0.3) is 5.91 Å². The van der Waals surface area contributed by atoms with Crippen molar-refractivity contribution in [3.8, 4) is 0 Å². The second kappa shape index (κ2) is 11.6. The maximum atomic E-state index is 14.0. The van der Waals surface area contributed by atoms with Crippen LogP contribution in [0.2, 0.25) is 0 Å². The van der Waals surface area contributed by atoms with E-state index in [2.05, 4.69) is 25.7 Å². The molecule has 0 radical (unpaired) electrons. The number of aromatic nitrogens is 5. The van der Waals surface area contributed by atoms with Crippen LogP contribution in [0.25, 0.3) is 5.78 Å². The van der Waals surface area contributed by atoms with Crippen LogP contribution in [0, 0.1) is 11.8 Å². The fourth-order valence-electron chi connectivity index (χ4n) is 5.54. The van der Waals surface area contributed by atoms with Crippen molar-refractivity contribution in [2.24, 2.45) is 11.8 Å². The van der Waals surface area contributed by atoms with Gasteiger partial charge in [0.15, 0.2) is 0 Å². The predicted molar refractivity (Wildman–Crippen MR) is 142 cm³/mol. The van der Waals surface area contributed by atoms with Crippen LogP contribution in [0.15, 0.2) is 30.7 Å². The second-order valence-electron chi connectivity index (χ2n) is 11.6. The molecule has 3 aromatic heterocycles. The smallest absolute Gasteiger partial charge is 0.347 e. The molecule has 3 aromatic rings. The van der Waals surface area contributed by atoms with Gasteiger partial charge in [-0.15, -0.1) is 0 Å². The highest BCUT2D eigenvalue weighted by Crippen LogP contribution is 2.42. The maximum Gasteiger partial charge on any atom is 0.389 e. The highest BCUT2D eigenvalue weighted by atomic mass is 19.4. The molecule has 2 atom stereocenters. The monoisotopic (exact) mass is 595 g/mol. The number of fused-ring (bicyclic) bond motifs is 1. The molecule has 2 N–H and O–H groups in total. The van der Waals surface area contributed by atoms with Gasteiger partial charge in [0.05, 0.1) is 29.9 Å². The van der Waals surface area contributed by atoms with Crippen LogP contribution in [0.4, 0.5) is 22.0 Å². The SMILES string of the molecule is CC(C)n1nccc1C(=O)N[C@H](c1cn2ccc(C(NC(=O)CCC(F)(F)F)C3CC3)nc2n1)C1CCC(F)(F)CC1. The summed E-state index contributed by atoms with van der Waals surface area (Å²) in [5.41, 5.74) is 1.27. The molecular weight excluding hydrogens is 561 g/mol. The fourth-order valence-corrected chi connectivity index (χ4v) is 5.54. The van der Waals surface area contributed by atoms with E-state index in [9.17, 15) is 31.5 Å². The number of nitrogens with one attached hydrogen (secondary N) is 2. The Kier molecular flexibility index (Phi) is 8.26. The molecular formula is C28H34F5N7O2. The number of halogens is 5. The Bertz CT molecular complexity index is 1420. The molecule has 2 amide bonds. The van der Waals surface area contributed by atoms with Crippen molar-refractivity contribution in [2.45, 2.75) is 95.4 Å². The van der Waals surface area contributed by atoms with Crippen LogP contribution in [-0.2, 0) is 4.79 Å². The van der Waals surface area contributed by atoms with Gasteiger partial charge in [0.1, 0.15) is 5.69 Å². The standard InChI is InChI=1S/C28H34F5N7O2/c1-16(2)40-21(8-13-34-40)25(42)38-24(18-5-10-27(29,30)11-6-18)20-15-39-14-9-19(35-26(39)36-20)23(17-3-4-17)37-22(41)7-12-28(31,32)33/h8-9,13-18,23-24H,3-7,10-12H2,1-2H3,(H,37,41)(H,38,42)/t23?,24-/m0/s1. The Labute approximate surface area is 239 Å². The molecule has 2 aliphatic carbocycles. The molecule has 2 fully saturated rings. The molecule has 5 rings (SSSR count). The van der Waals surface area contributed by atoms with E-state index in [0.29, 0.717) is 17.1 Å². The molecule has 0 saturated heterocycles. The van der Waals surface area contributed by atoms with Gasteiger partial charge in [-0.1, -0.05) is 0 Å². The molecule has 0 aliphatic heterocycles. The first-order chi connectivity index (χ1) is 19.8. The molecule has 0 bridgehead atoms. The van der Waals surface area contributed by atoms with E-state index in [1.54, 1.807) is 33.6 Å². The van der Waals surface area contributed by atoms with Crippen molar-refractivity contribution in [1.29, 1.82) is 0 Å². The lowest BCUT2D eigenvalue weighted by Gasteiger charge is -2.33. The van der Waals surface area contributed by atoms with Gasteiger partial charge in [-0.05, 0) is 63.5 Å². The minimum absolute atomic E-state index is 0.0611. The number of hydrogen-bond donors (Lipinski definition) is 2. The summed E-state index contributed by atoms with van der Waals surface area (Å²) in [7, 11) is 0. The van der Waals surface area contributed by atoms with Crippen LogP contribution in [0.1, 0.15) is 105 Å². The molecule has 3 heterocycles. The van der Waals surface area contributed by atoms with Gasteiger partial charge in [0.2, 0.25) is 17.6 Å². The molecule has 2 aliphatic rings. The van der Waals surface area contributed by atoms with Crippen LogP contribution >= 0.6 is 0 Å². The van der Waals surface area contributed by atoms with Crippen molar-refractivity contribution in [1.82, 2.24) is 34.8 Å². The van der Waals surface area contributed by atoms with Gasteiger partial charge < -0.3 is 10.6 Å². The van der Waals surface area contributed by atoms with E-state index < -0.39 is 48.8 Å². The van der Waals surface area contributed by atoms with Gasteiger partial charge in [0, 0.05) is 43.9 Å². The van der Waals surface area contributed by atoms with Crippen molar-refractivity contribution in [3.05, 3.63) is 47.8 Å². The number of hydrogen-bond acceptors (Lipinski definition) is 5. The number of imidazole rings is 1. The van der Waals surface area contributed by atoms with E-state index >= 15 is 0 Å². The zero-order valence-electron chi connectivity index (χ0n) is 23.4.